The Bertz CT molecular complexity index is 777. The second kappa shape index (κ2) is 7.66. The molecule has 0 aliphatic rings. The predicted octanol–water partition coefficient (Wildman–Crippen LogP) is 6.57. The van der Waals surface area contributed by atoms with Crippen molar-refractivity contribution in [3.05, 3.63) is 29.8 Å². The molecule has 1 aromatic carbocycles. The highest BCUT2D eigenvalue weighted by Gasteiger charge is 2.87. The first-order valence-electron chi connectivity index (χ1n) is 8.50. The molecule has 1 atom stereocenters. The molecule has 0 amide bonds. The molecule has 0 fully saturated rings. The number of hydrogen-bond donors (Lipinski definition) is 1. The lowest BCUT2D eigenvalue weighted by Gasteiger charge is -2.39. The Hall–Kier alpha value is -1.79. The monoisotopic (exact) mass is 476 g/mol. The summed E-state index contributed by atoms with van der Waals surface area (Å²) in [6.07, 6.45) is -9.87. The van der Waals surface area contributed by atoms with Crippen molar-refractivity contribution in [2.75, 3.05) is 0 Å². The summed E-state index contributed by atoms with van der Waals surface area (Å²) < 4.78 is 151. The zero-order chi connectivity index (χ0) is 24.9. The second-order valence-corrected chi connectivity index (χ2v) is 8.09. The highest BCUT2D eigenvalue weighted by atomic mass is 19.4. The number of halogens is 11. The predicted molar refractivity (Wildman–Crippen MR) is 86.9 cm³/mol. The second-order valence-electron chi connectivity index (χ2n) is 8.09. The third kappa shape index (κ3) is 5.01. The minimum absolute atomic E-state index is 0.327. The van der Waals surface area contributed by atoms with Crippen LogP contribution in [0.5, 0.6) is 5.75 Å². The van der Waals surface area contributed by atoms with Crippen molar-refractivity contribution in [1.82, 2.24) is 0 Å². The van der Waals surface area contributed by atoms with E-state index >= 15 is 0 Å². The first-order chi connectivity index (χ1) is 13.4. The molecule has 1 unspecified atom stereocenters. The van der Waals surface area contributed by atoms with E-state index in [1.54, 1.807) is 0 Å². The summed E-state index contributed by atoms with van der Waals surface area (Å²) in [7, 11) is 0. The van der Waals surface area contributed by atoms with Gasteiger partial charge in [0.1, 0.15) is 11.4 Å². The van der Waals surface area contributed by atoms with Gasteiger partial charge in [0, 0.05) is 5.56 Å². The molecule has 0 aliphatic carbocycles. The minimum Gasteiger partial charge on any atom is -0.488 e. The first-order valence-corrected chi connectivity index (χ1v) is 8.50. The highest BCUT2D eigenvalue weighted by molar-refractivity contribution is 5.38. The molecule has 0 saturated heterocycles. The van der Waals surface area contributed by atoms with Gasteiger partial charge in [0.2, 0.25) is 0 Å². The Kier molecular flexibility index (Phi) is 6.73. The average molecular weight is 476 g/mol. The Morgan fingerprint density at radius 3 is 1.58 bits per heavy atom. The number of benzene rings is 1. The van der Waals surface area contributed by atoms with Gasteiger partial charge >= 0.3 is 29.9 Å². The molecule has 0 spiro atoms. The molecule has 1 rings (SSSR count). The number of para-hydroxylation sites is 1. The first kappa shape index (κ1) is 27.2. The van der Waals surface area contributed by atoms with Crippen LogP contribution >= 0.6 is 0 Å². The molecule has 13 heteroatoms. The van der Waals surface area contributed by atoms with Crippen LogP contribution in [0.1, 0.15) is 39.7 Å². The summed E-state index contributed by atoms with van der Waals surface area (Å²) in [4.78, 5) is 0. The molecule has 0 aromatic heterocycles. The van der Waals surface area contributed by atoms with E-state index < -0.39 is 53.1 Å². The van der Waals surface area contributed by atoms with Crippen molar-refractivity contribution >= 4 is 0 Å². The van der Waals surface area contributed by atoms with Crippen molar-refractivity contribution in [3.63, 3.8) is 0 Å². The fraction of sp³-hybridized carbons (Fsp3) is 0.667. The Labute approximate surface area is 170 Å². The third-order valence-corrected chi connectivity index (χ3v) is 4.05. The number of aliphatic hydroxyl groups is 1. The number of alkyl halides is 11. The zero-order valence-electron chi connectivity index (χ0n) is 16.5. The fourth-order valence-electron chi connectivity index (χ4n) is 2.57. The standard InChI is InChI=1S/C18H19F11O2/c1-12(2,3)31-11-8-6-5-7-10(11)13(4,30)9-14(19,20)15(21,22)16(23,24)17(25,26)18(27,28)29/h5-8,30H,9H2,1-4H3. The minimum atomic E-state index is -7.53. The maximum atomic E-state index is 14.1. The Balaban J connectivity index is 3.44. The summed E-state index contributed by atoms with van der Waals surface area (Å²) in [5.41, 5.74) is -4.70. The topological polar surface area (TPSA) is 29.5 Å². The van der Waals surface area contributed by atoms with Crippen LogP contribution in [0.2, 0.25) is 0 Å². The zero-order valence-corrected chi connectivity index (χ0v) is 16.5. The molecule has 2 nitrogen and oxygen atoms in total. The summed E-state index contributed by atoms with van der Waals surface area (Å²) in [6.45, 7) is 4.94. The largest absolute Gasteiger partial charge is 0.488 e. The van der Waals surface area contributed by atoms with Gasteiger partial charge < -0.3 is 9.84 Å². The van der Waals surface area contributed by atoms with Crippen LogP contribution in [0.4, 0.5) is 48.3 Å². The van der Waals surface area contributed by atoms with E-state index in [9.17, 15) is 53.4 Å². The van der Waals surface area contributed by atoms with Crippen LogP contribution in [0.3, 0.4) is 0 Å². The SMILES string of the molecule is CC(C)(C)Oc1ccccc1C(C)(O)CC(F)(F)C(F)(F)C(F)(F)C(F)(F)C(F)(F)F. The lowest BCUT2D eigenvalue weighted by molar-refractivity contribution is -0.424. The summed E-state index contributed by atoms with van der Waals surface area (Å²) in [5.74, 6) is -28.7. The van der Waals surface area contributed by atoms with Gasteiger partial charge in [0.25, 0.3) is 0 Å². The molecule has 1 N–H and O–H groups in total. The molecule has 0 bridgehead atoms. The fourth-order valence-corrected chi connectivity index (χ4v) is 2.57. The molecule has 1 aromatic rings. The van der Waals surface area contributed by atoms with Crippen LogP contribution in [-0.2, 0) is 5.60 Å². The van der Waals surface area contributed by atoms with E-state index in [1.807, 2.05) is 0 Å². The molecule has 0 saturated carbocycles. The third-order valence-electron chi connectivity index (χ3n) is 4.05. The lowest BCUT2D eigenvalue weighted by Crippen LogP contribution is -2.67. The molecule has 31 heavy (non-hydrogen) atoms. The van der Waals surface area contributed by atoms with Crippen molar-refractivity contribution in [2.24, 2.45) is 0 Å². The van der Waals surface area contributed by atoms with Crippen molar-refractivity contribution in [2.45, 2.75) is 75.2 Å². The van der Waals surface area contributed by atoms with Crippen LogP contribution in [0, 0.1) is 0 Å². The van der Waals surface area contributed by atoms with Gasteiger partial charge in [-0.15, -0.1) is 0 Å². The highest BCUT2D eigenvalue weighted by Crippen LogP contribution is 2.59. The molecule has 0 radical (unpaired) electrons. The van der Waals surface area contributed by atoms with Crippen LogP contribution in [0.15, 0.2) is 24.3 Å². The van der Waals surface area contributed by atoms with Crippen LogP contribution in [0.25, 0.3) is 0 Å². The Morgan fingerprint density at radius 1 is 0.710 bits per heavy atom. The number of ether oxygens (including phenoxy) is 1. The molecule has 0 aliphatic heterocycles. The number of hydrogen-bond acceptors (Lipinski definition) is 2. The van der Waals surface area contributed by atoms with E-state index in [4.69, 9.17) is 4.74 Å². The van der Waals surface area contributed by atoms with Crippen molar-refractivity contribution in [3.8, 4) is 5.75 Å². The van der Waals surface area contributed by atoms with Gasteiger partial charge in [0.05, 0.1) is 12.0 Å². The van der Waals surface area contributed by atoms with E-state index in [1.165, 1.54) is 26.8 Å². The van der Waals surface area contributed by atoms with Gasteiger partial charge in [-0.2, -0.15) is 48.3 Å². The average Bonchev–Trinajstić information content (AvgIpc) is 2.51. The molecule has 0 heterocycles. The summed E-state index contributed by atoms with van der Waals surface area (Å²) in [5, 5.41) is 10.3. The number of rotatable bonds is 7. The van der Waals surface area contributed by atoms with Gasteiger partial charge in [-0.3, -0.25) is 0 Å². The van der Waals surface area contributed by atoms with Gasteiger partial charge in [-0.1, -0.05) is 18.2 Å². The molecular weight excluding hydrogens is 457 g/mol. The summed E-state index contributed by atoms with van der Waals surface area (Å²) >= 11 is 0. The van der Waals surface area contributed by atoms with Gasteiger partial charge in [-0.25, -0.2) is 0 Å². The maximum Gasteiger partial charge on any atom is 0.460 e. The van der Waals surface area contributed by atoms with Crippen LogP contribution in [-0.4, -0.2) is 40.6 Å². The Morgan fingerprint density at radius 2 is 1.16 bits per heavy atom. The van der Waals surface area contributed by atoms with Crippen LogP contribution < -0.4 is 4.74 Å². The summed E-state index contributed by atoms with van der Waals surface area (Å²) in [6, 6.07) is 4.48. The quantitative estimate of drug-likeness (QED) is 0.452. The maximum absolute atomic E-state index is 14.1. The van der Waals surface area contributed by atoms with Gasteiger partial charge in [0.15, 0.2) is 0 Å². The van der Waals surface area contributed by atoms with E-state index in [2.05, 4.69) is 0 Å². The van der Waals surface area contributed by atoms with E-state index in [-0.39, 0.29) is 5.75 Å². The molecule has 180 valence electrons. The van der Waals surface area contributed by atoms with Crippen molar-refractivity contribution < 1.29 is 58.1 Å². The smallest absolute Gasteiger partial charge is 0.460 e. The molecular formula is C18H19F11O2. The lowest BCUT2D eigenvalue weighted by atomic mass is 9.84. The van der Waals surface area contributed by atoms with Gasteiger partial charge in [-0.05, 0) is 33.8 Å². The van der Waals surface area contributed by atoms with Crippen molar-refractivity contribution in [1.29, 1.82) is 0 Å². The normalized spacial score (nSPS) is 16.8. The van der Waals surface area contributed by atoms with E-state index in [0.29, 0.717) is 6.92 Å². The van der Waals surface area contributed by atoms with E-state index in [0.717, 1.165) is 18.2 Å².